The lowest BCUT2D eigenvalue weighted by Gasteiger charge is -2.10. The van der Waals surface area contributed by atoms with Gasteiger partial charge in [-0.1, -0.05) is 5.16 Å². The summed E-state index contributed by atoms with van der Waals surface area (Å²) < 4.78 is 24.8. The molecule has 1 N–H and O–H groups in total. The molecule has 0 saturated carbocycles. The molecule has 9 heteroatoms. The van der Waals surface area contributed by atoms with Crippen molar-refractivity contribution in [2.45, 2.75) is 33.8 Å². The first-order valence-electron chi connectivity index (χ1n) is 9.19. The van der Waals surface area contributed by atoms with E-state index in [1.54, 1.807) is 42.8 Å². The Labute approximate surface area is 172 Å². The van der Waals surface area contributed by atoms with Gasteiger partial charge < -0.3 is 14.6 Å². The first-order chi connectivity index (χ1) is 14.2. The maximum Gasteiger partial charge on any atom is 0.331 e. The molecule has 30 heavy (non-hydrogen) atoms. The molecule has 0 bridgehead atoms. The number of rotatable bonds is 6. The van der Waals surface area contributed by atoms with Gasteiger partial charge in [0.05, 0.1) is 11.4 Å². The molecule has 0 aliphatic rings. The highest BCUT2D eigenvalue weighted by atomic mass is 19.1. The van der Waals surface area contributed by atoms with Gasteiger partial charge in [0.25, 0.3) is 5.91 Å². The molecule has 3 rings (SSSR count). The highest BCUT2D eigenvalue weighted by molar-refractivity contribution is 5.96. The number of aryl methyl sites for hydroxylation is 2. The fourth-order valence-corrected chi connectivity index (χ4v) is 2.80. The molecule has 0 saturated heterocycles. The monoisotopic (exact) mass is 412 g/mol. The van der Waals surface area contributed by atoms with E-state index in [1.807, 2.05) is 6.92 Å². The van der Waals surface area contributed by atoms with Crippen LogP contribution in [0.5, 0.6) is 0 Å². The Morgan fingerprint density at radius 1 is 1.23 bits per heavy atom. The lowest BCUT2D eigenvalue weighted by molar-refractivity contribution is -0.148. The zero-order valence-electron chi connectivity index (χ0n) is 17.0. The lowest BCUT2D eigenvalue weighted by atomic mass is 10.2. The van der Waals surface area contributed by atoms with Crippen molar-refractivity contribution in [3.05, 3.63) is 64.9 Å². The number of benzene rings is 1. The normalized spacial score (nSPS) is 12.2. The van der Waals surface area contributed by atoms with Crippen molar-refractivity contribution in [3.8, 4) is 5.69 Å². The minimum atomic E-state index is -1.02. The number of nitrogens with zero attached hydrogens (tertiary/aromatic N) is 3. The number of carbonyl (C=O) groups excluding carboxylic acids is 2. The van der Waals surface area contributed by atoms with Crippen LogP contribution in [0.3, 0.4) is 0 Å². The number of anilines is 1. The molecule has 8 nitrogen and oxygen atoms in total. The summed E-state index contributed by atoms with van der Waals surface area (Å²) in [5.74, 6) is -0.746. The van der Waals surface area contributed by atoms with E-state index in [0.29, 0.717) is 17.1 Å². The summed E-state index contributed by atoms with van der Waals surface area (Å²) in [7, 11) is 0. The Bertz CT molecular complexity index is 1100. The van der Waals surface area contributed by atoms with Crippen molar-refractivity contribution in [1.29, 1.82) is 0 Å². The van der Waals surface area contributed by atoms with Gasteiger partial charge in [0.1, 0.15) is 11.6 Å². The van der Waals surface area contributed by atoms with Gasteiger partial charge in [-0.3, -0.25) is 4.79 Å². The highest BCUT2D eigenvalue weighted by Crippen LogP contribution is 2.19. The largest absolute Gasteiger partial charge is 0.449 e. The third kappa shape index (κ3) is 4.80. The predicted molar refractivity (Wildman–Crippen MR) is 107 cm³/mol. The molecule has 0 aliphatic carbocycles. The molecule has 0 radical (unpaired) electrons. The van der Waals surface area contributed by atoms with Crippen LogP contribution in [0.4, 0.5) is 10.2 Å². The first-order valence-corrected chi connectivity index (χ1v) is 9.19. The van der Waals surface area contributed by atoms with Crippen molar-refractivity contribution in [3.63, 3.8) is 0 Å². The molecule has 1 amide bonds. The van der Waals surface area contributed by atoms with Gasteiger partial charge >= 0.3 is 5.97 Å². The zero-order valence-corrected chi connectivity index (χ0v) is 17.0. The number of amides is 1. The topological polar surface area (TPSA) is 99.2 Å². The summed E-state index contributed by atoms with van der Waals surface area (Å²) in [5, 5.41) is 10.6. The predicted octanol–water partition coefficient (Wildman–Crippen LogP) is 3.51. The van der Waals surface area contributed by atoms with Crippen LogP contribution in [-0.4, -0.2) is 32.9 Å². The van der Waals surface area contributed by atoms with Crippen molar-refractivity contribution in [2.24, 2.45) is 0 Å². The fourth-order valence-electron chi connectivity index (χ4n) is 2.80. The van der Waals surface area contributed by atoms with Crippen molar-refractivity contribution in [2.75, 3.05) is 5.32 Å². The summed E-state index contributed by atoms with van der Waals surface area (Å²) in [5.41, 5.74) is 2.89. The summed E-state index contributed by atoms with van der Waals surface area (Å²) in [6.07, 6.45) is 1.78. The van der Waals surface area contributed by atoms with Crippen LogP contribution < -0.4 is 5.32 Å². The Kier molecular flexibility index (Phi) is 6.10. The summed E-state index contributed by atoms with van der Waals surface area (Å²) in [4.78, 5) is 24.2. The SMILES string of the molecule is Cc1cc(NC(=O)C(C)OC(=O)/C=C/c2c(C)nn(-c3ccc(F)cc3)c2C)no1. The van der Waals surface area contributed by atoms with Crippen LogP contribution in [0.2, 0.25) is 0 Å². The number of ether oxygens (including phenoxy) is 1. The van der Waals surface area contributed by atoms with E-state index < -0.39 is 18.0 Å². The van der Waals surface area contributed by atoms with E-state index in [0.717, 1.165) is 11.3 Å². The maximum atomic E-state index is 13.2. The minimum Gasteiger partial charge on any atom is -0.449 e. The molecular weight excluding hydrogens is 391 g/mol. The van der Waals surface area contributed by atoms with Crippen LogP contribution in [0, 0.1) is 26.6 Å². The molecule has 2 heterocycles. The van der Waals surface area contributed by atoms with Gasteiger partial charge in [0, 0.05) is 23.4 Å². The van der Waals surface area contributed by atoms with Crippen LogP contribution in [0.25, 0.3) is 11.8 Å². The Balaban J connectivity index is 1.65. The number of hydrogen-bond donors (Lipinski definition) is 1. The van der Waals surface area contributed by atoms with Gasteiger partial charge in [0.15, 0.2) is 11.9 Å². The zero-order chi connectivity index (χ0) is 21.8. The Morgan fingerprint density at radius 2 is 1.93 bits per heavy atom. The lowest BCUT2D eigenvalue weighted by Crippen LogP contribution is -2.29. The minimum absolute atomic E-state index is 0.246. The quantitative estimate of drug-likeness (QED) is 0.491. The second kappa shape index (κ2) is 8.73. The van der Waals surface area contributed by atoms with Crippen LogP contribution in [-0.2, 0) is 14.3 Å². The molecule has 156 valence electrons. The van der Waals surface area contributed by atoms with Gasteiger partial charge in [-0.25, -0.2) is 13.9 Å². The summed E-state index contributed by atoms with van der Waals surface area (Å²) in [6, 6.07) is 7.49. The van der Waals surface area contributed by atoms with Crippen LogP contribution in [0.15, 0.2) is 40.9 Å². The Hall–Kier alpha value is -3.75. The van der Waals surface area contributed by atoms with E-state index >= 15 is 0 Å². The third-order valence-corrected chi connectivity index (χ3v) is 4.35. The standard InChI is InChI=1S/C21H21FN4O4/c1-12-11-19(25-30-12)23-21(28)15(4)29-20(27)10-9-18-13(2)24-26(14(18)3)17-7-5-16(22)6-8-17/h5-11,15H,1-4H3,(H,23,25,28)/b10-9+. The van der Waals surface area contributed by atoms with Gasteiger partial charge in [-0.15, -0.1) is 0 Å². The number of carbonyl (C=O) groups is 2. The summed E-state index contributed by atoms with van der Waals surface area (Å²) >= 11 is 0. The van der Waals surface area contributed by atoms with E-state index in [9.17, 15) is 14.0 Å². The molecular formula is C21H21FN4O4. The van der Waals surface area contributed by atoms with Crippen LogP contribution in [0.1, 0.15) is 29.6 Å². The average molecular weight is 412 g/mol. The number of hydrogen-bond acceptors (Lipinski definition) is 6. The van der Waals surface area contributed by atoms with Crippen molar-refractivity contribution < 1.29 is 23.2 Å². The smallest absolute Gasteiger partial charge is 0.331 e. The van der Waals surface area contributed by atoms with E-state index in [2.05, 4.69) is 15.6 Å². The van der Waals surface area contributed by atoms with E-state index in [1.165, 1.54) is 25.1 Å². The number of aromatic nitrogens is 3. The third-order valence-electron chi connectivity index (χ3n) is 4.35. The molecule has 0 fully saturated rings. The van der Waals surface area contributed by atoms with E-state index in [-0.39, 0.29) is 11.6 Å². The highest BCUT2D eigenvalue weighted by Gasteiger charge is 2.18. The van der Waals surface area contributed by atoms with Gasteiger partial charge in [-0.2, -0.15) is 5.10 Å². The number of nitrogens with one attached hydrogen (secondary N) is 1. The second-order valence-corrected chi connectivity index (χ2v) is 6.70. The van der Waals surface area contributed by atoms with Gasteiger partial charge in [0.2, 0.25) is 0 Å². The van der Waals surface area contributed by atoms with Crippen molar-refractivity contribution in [1.82, 2.24) is 14.9 Å². The van der Waals surface area contributed by atoms with Gasteiger partial charge in [-0.05, 0) is 58.0 Å². The first kappa shape index (κ1) is 21.0. The number of halogens is 1. The maximum absolute atomic E-state index is 13.2. The number of esters is 1. The second-order valence-electron chi connectivity index (χ2n) is 6.70. The molecule has 2 aromatic heterocycles. The van der Waals surface area contributed by atoms with Crippen molar-refractivity contribution >= 4 is 23.8 Å². The molecule has 1 unspecified atom stereocenters. The molecule has 0 aliphatic heterocycles. The summed E-state index contributed by atoms with van der Waals surface area (Å²) in [6.45, 7) is 6.79. The van der Waals surface area contributed by atoms with Crippen LogP contribution >= 0.6 is 0 Å². The molecule has 1 aromatic carbocycles. The van der Waals surface area contributed by atoms with E-state index in [4.69, 9.17) is 9.26 Å². The average Bonchev–Trinajstić information content (AvgIpc) is 3.23. The molecule has 3 aromatic rings. The molecule has 1 atom stereocenters. The molecule has 0 spiro atoms. The fraction of sp³-hybridized carbons (Fsp3) is 0.238. The Morgan fingerprint density at radius 3 is 2.57 bits per heavy atom.